The van der Waals surface area contributed by atoms with E-state index in [0.29, 0.717) is 17.3 Å². The largest absolute Gasteiger partial charge is 0.340 e. The van der Waals surface area contributed by atoms with Crippen molar-refractivity contribution >= 4 is 29.1 Å². The molecule has 0 aliphatic rings. The van der Waals surface area contributed by atoms with E-state index in [4.69, 9.17) is 11.6 Å². The summed E-state index contributed by atoms with van der Waals surface area (Å²) in [7, 11) is 3.52. The lowest BCUT2D eigenvalue weighted by molar-refractivity contribution is -0.131. The van der Waals surface area contributed by atoms with E-state index in [1.54, 1.807) is 48.2 Å². The molecule has 0 fully saturated rings. The number of carbonyl (C=O) groups excluding carboxylic acids is 2. The molecule has 0 unspecified atom stereocenters. The first kappa shape index (κ1) is 20.9. The van der Waals surface area contributed by atoms with Gasteiger partial charge in [-0.1, -0.05) is 47.5 Å². The van der Waals surface area contributed by atoms with Crippen LogP contribution in [0.1, 0.15) is 16.7 Å². The van der Waals surface area contributed by atoms with E-state index in [-0.39, 0.29) is 24.9 Å². The fourth-order valence-electron chi connectivity index (χ4n) is 2.77. The molecule has 2 amide bonds. The molecule has 2 rings (SSSR count). The molecular weight excluding hydrogens is 362 g/mol. The van der Waals surface area contributed by atoms with E-state index in [1.165, 1.54) is 11.1 Å². The molecule has 0 spiro atoms. The van der Waals surface area contributed by atoms with Gasteiger partial charge in [0.2, 0.25) is 11.8 Å². The number of aryl methyl sites for hydroxylation is 2. The highest BCUT2D eigenvalue weighted by Crippen LogP contribution is 2.20. The summed E-state index contributed by atoms with van der Waals surface area (Å²) in [6.07, 6.45) is 0. The summed E-state index contributed by atoms with van der Waals surface area (Å²) >= 11 is 6.04. The van der Waals surface area contributed by atoms with Crippen molar-refractivity contribution in [2.45, 2.75) is 20.4 Å². The van der Waals surface area contributed by atoms with Crippen LogP contribution in [0.3, 0.4) is 0 Å². The number of likely N-dealkylation sites (N-methyl/N-ethyl adjacent to an activating group) is 2. The van der Waals surface area contributed by atoms with Crippen LogP contribution in [0.25, 0.3) is 0 Å². The number of halogens is 1. The Morgan fingerprint density at radius 3 is 2.41 bits per heavy atom. The average molecular weight is 388 g/mol. The van der Waals surface area contributed by atoms with E-state index in [0.717, 1.165) is 5.56 Å². The van der Waals surface area contributed by atoms with Crippen LogP contribution < -0.4 is 5.32 Å². The minimum absolute atomic E-state index is 0.0389. The molecule has 0 saturated heterocycles. The van der Waals surface area contributed by atoms with E-state index in [9.17, 15) is 9.59 Å². The Hall–Kier alpha value is -2.37. The molecule has 2 aromatic carbocycles. The molecule has 6 heteroatoms. The molecule has 0 bridgehead atoms. The average Bonchev–Trinajstić information content (AvgIpc) is 2.59. The van der Waals surface area contributed by atoms with Gasteiger partial charge >= 0.3 is 0 Å². The van der Waals surface area contributed by atoms with Gasteiger partial charge in [-0.25, -0.2) is 0 Å². The number of para-hydroxylation sites is 1. The normalized spacial score (nSPS) is 10.7. The van der Waals surface area contributed by atoms with Crippen LogP contribution in [0.5, 0.6) is 0 Å². The first-order chi connectivity index (χ1) is 12.8. The van der Waals surface area contributed by atoms with Crippen LogP contribution in [0.2, 0.25) is 5.02 Å². The van der Waals surface area contributed by atoms with Gasteiger partial charge in [-0.15, -0.1) is 0 Å². The number of rotatable bonds is 7. The van der Waals surface area contributed by atoms with Gasteiger partial charge in [-0.2, -0.15) is 0 Å². The van der Waals surface area contributed by atoms with Crippen molar-refractivity contribution in [1.29, 1.82) is 0 Å². The monoisotopic (exact) mass is 387 g/mol. The van der Waals surface area contributed by atoms with E-state index in [1.807, 2.05) is 19.9 Å². The van der Waals surface area contributed by atoms with Gasteiger partial charge < -0.3 is 10.2 Å². The molecular formula is C21H26ClN3O2. The van der Waals surface area contributed by atoms with Crippen molar-refractivity contribution in [3.05, 3.63) is 64.2 Å². The number of nitrogens with zero attached hydrogens (tertiary/aromatic N) is 2. The first-order valence-corrected chi connectivity index (χ1v) is 9.17. The summed E-state index contributed by atoms with van der Waals surface area (Å²) in [6.45, 7) is 4.91. The van der Waals surface area contributed by atoms with Crippen LogP contribution in [0, 0.1) is 13.8 Å². The molecule has 0 radical (unpaired) electrons. The lowest BCUT2D eigenvalue weighted by atomic mass is 10.1. The number of hydrogen-bond acceptors (Lipinski definition) is 3. The quantitative estimate of drug-likeness (QED) is 0.791. The molecule has 0 aliphatic heterocycles. The summed E-state index contributed by atoms with van der Waals surface area (Å²) in [5, 5.41) is 3.24. The number of benzene rings is 2. The van der Waals surface area contributed by atoms with Crippen LogP contribution >= 0.6 is 11.6 Å². The first-order valence-electron chi connectivity index (χ1n) is 8.79. The zero-order valence-electron chi connectivity index (χ0n) is 16.3. The Morgan fingerprint density at radius 1 is 1.04 bits per heavy atom. The van der Waals surface area contributed by atoms with Crippen molar-refractivity contribution in [3.63, 3.8) is 0 Å². The fourth-order valence-corrected chi connectivity index (χ4v) is 2.95. The molecule has 5 nitrogen and oxygen atoms in total. The van der Waals surface area contributed by atoms with Crippen molar-refractivity contribution in [1.82, 2.24) is 9.80 Å². The predicted octanol–water partition coefficient (Wildman–Crippen LogP) is 3.49. The highest BCUT2D eigenvalue weighted by molar-refractivity contribution is 6.33. The Kier molecular flexibility index (Phi) is 7.39. The van der Waals surface area contributed by atoms with Gasteiger partial charge in [-0.05, 0) is 44.2 Å². The Morgan fingerprint density at radius 2 is 1.74 bits per heavy atom. The van der Waals surface area contributed by atoms with E-state index >= 15 is 0 Å². The lowest BCUT2D eigenvalue weighted by Gasteiger charge is -2.22. The maximum absolute atomic E-state index is 12.5. The number of carbonyl (C=O) groups is 2. The zero-order chi connectivity index (χ0) is 20.0. The van der Waals surface area contributed by atoms with Gasteiger partial charge in [0.25, 0.3) is 0 Å². The standard InChI is InChI=1S/C21H26ClN3O2/c1-15-9-10-17(16(2)11-15)12-25(4)21(27)14-24(3)13-20(26)23-19-8-6-5-7-18(19)22/h5-11H,12-14H2,1-4H3,(H,23,26). The van der Waals surface area contributed by atoms with Crippen molar-refractivity contribution in [3.8, 4) is 0 Å². The van der Waals surface area contributed by atoms with Gasteiger partial charge in [0, 0.05) is 13.6 Å². The third-order valence-corrected chi connectivity index (χ3v) is 4.63. The number of anilines is 1. The minimum Gasteiger partial charge on any atom is -0.340 e. The summed E-state index contributed by atoms with van der Waals surface area (Å²) in [6, 6.07) is 13.3. The van der Waals surface area contributed by atoms with Crippen molar-refractivity contribution in [2.75, 3.05) is 32.5 Å². The number of nitrogens with one attached hydrogen (secondary N) is 1. The molecule has 2 aromatic rings. The van der Waals surface area contributed by atoms with Gasteiger partial charge in [0.15, 0.2) is 0 Å². The van der Waals surface area contributed by atoms with Crippen LogP contribution in [0.15, 0.2) is 42.5 Å². The highest BCUT2D eigenvalue weighted by atomic mass is 35.5. The van der Waals surface area contributed by atoms with Crippen LogP contribution in [-0.4, -0.2) is 48.8 Å². The van der Waals surface area contributed by atoms with Crippen molar-refractivity contribution in [2.24, 2.45) is 0 Å². The highest BCUT2D eigenvalue weighted by Gasteiger charge is 2.15. The second kappa shape index (κ2) is 9.53. The van der Waals surface area contributed by atoms with Gasteiger partial charge in [0.05, 0.1) is 23.8 Å². The Labute approximate surface area is 165 Å². The predicted molar refractivity (Wildman–Crippen MR) is 110 cm³/mol. The van der Waals surface area contributed by atoms with Gasteiger partial charge in [-0.3, -0.25) is 14.5 Å². The fraction of sp³-hybridized carbons (Fsp3) is 0.333. The molecule has 0 aromatic heterocycles. The minimum atomic E-state index is -0.213. The maximum Gasteiger partial charge on any atom is 0.238 e. The lowest BCUT2D eigenvalue weighted by Crippen LogP contribution is -2.39. The molecule has 1 N–H and O–H groups in total. The molecule has 0 aliphatic carbocycles. The molecule has 27 heavy (non-hydrogen) atoms. The molecule has 0 atom stereocenters. The van der Waals surface area contributed by atoms with E-state index < -0.39 is 0 Å². The number of hydrogen-bond donors (Lipinski definition) is 1. The molecule has 144 valence electrons. The smallest absolute Gasteiger partial charge is 0.238 e. The summed E-state index contributed by atoms with van der Waals surface area (Å²) in [4.78, 5) is 28.0. The Bertz CT molecular complexity index is 823. The summed E-state index contributed by atoms with van der Waals surface area (Å²) in [5.41, 5.74) is 4.06. The summed E-state index contributed by atoms with van der Waals surface area (Å²) in [5.74, 6) is -0.251. The van der Waals surface area contributed by atoms with E-state index in [2.05, 4.69) is 17.4 Å². The second-order valence-corrected chi connectivity index (χ2v) is 7.29. The van der Waals surface area contributed by atoms with Crippen molar-refractivity contribution < 1.29 is 9.59 Å². The molecule has 0 saturated carbocycles. The third kappa shape index (κ3) is 6.38. The maximum atomic E-state index is 12.5. The summed E-state index contributed by atoms with van der Waals surface area (Å²) < 4.78 is 0. The number of amides is 2. The zero-order valence-corrected chi connectivity index (χ0v) is 17.0. The SMILES string of the molecule is Cc1ccc(CN(C)C(=O)CN(C)CC(=O)Nc2ccccc2Cl)c(C)c1. The van der Waals surface area contributed by atoms with Crippen LogP contribution in [-0.2, 0) is 16.1 Å². The second-order valence-electron chi connectivity index (χ2n) is 6.88. The van der Waals surface area contributed by atoms with Crippen LogP contribution in [0.4, 0.5) is 5.69 Å². The van der Waals surface area contributed by atoms with Gasteiger partial charge in [0.1, 0.15) is 0 Å². The molecule has 0 heterocycles. The third-order valence-electron chi connectivity index (χ3n) is 4.30. The topological polar surface area (TPSA) is 52.7 Å². The Balaban J connectivity index is 1.85.